The number of hydrogen-bond acceptors (Lipinski definition) is 6. The van der Waals surface area contributed by atoms with Crippen molar-refractivity contribution >= 4 is 31.6 Å². The third kappa shape index (κ3) is 2.83. The van der Waals surface area contributed by atoms with Crippen LogP contribution in [-0.4, -0.2) is 29.0 Å². The van der Waals surface area contributed by atoms with Gasteiger partial charge in [-0.2, -0.15) is 5.21 Å². The number of halogens is 1. The highest BCUT2D eigenvalue weighted by molar-refractivity contribution is 9.10. The quantitative estimate of drug-likeness (QED) is 0.677. The first-order chi connectivity index (χ1) is 8.49. The van der Waals surface area contributed by atoms with Crippen LogP contribution >= 0.6 is 15.9 Å². The lowest BCUT2D eigenvalue weighted by molar-refractivity contribution is 0.579. The Kier molecular flexibility index (Phi) is 3.59. The van der Waals surface area contributed by atoms with Crippen molar-refractivity contribution in [2.75, 3.05) is 5.73 Å². The standard InChI is InChI=1S/C8H9BrN6O2S/c9-6-3-5(1-2-7(6)10)18(16,17)11-4-8-12-14-15-13-8/h1-3,11H,4,10H2,(H,12,13,14,15). The van der Waals surface area contributed by atoms with Gasteiger partial charge in [-0.3, -0.25) is 0 Å². The number of nitrogens with zero attached hydrogens (tertiary/aromatic N) is 3. The maximum Gasteiger partial charge on any atom is 0.241 e. The zero-order valence-electron chi connectivity index (χ0n) is 8.96. The summed E-state index contributed by atoms with van der Waals surface area (Å²) in [6.07, 6.45) is 0. The van der Waals surface area contributed by atoms with Gasteiger partial charge in [0.1, 0.15) is 0 Å². The van der Waals surface area contributed by atoms with E-state index in [0.717, 1.165) is 0 Å². The number of aromatic amines is 1. The minimum absolute atomic E-state index is 0.0408. The maximum atomic E-state index is 11.9. The molecular weight excluding hydrogens is 324 g/mol. The lowest BCUT2D eigenvalue weighted by Gasteiger charge is -2.06. The number of nitrogen functional groups attached to an aromatic ring is 1. The van der Waals surface area contributed by atoms with Gasteiger partial charge in [0.15, 0.2) is 5.82 Å². The first-order valence-corrected chi connectivity index (χ1v) is 7.03. The van der Waals surface area contributed by atoms with Crippen LogP contribution in [0.3, 0.4) is 0 Å². The Labute approximate surface area is 111 Å². The molecule has 0 saturated carbocycles. The van der Waals surface area contributed by atoms with Crippen molar-refractivity contribution in [3.8, 4) is 0 Å². The Bertz CT molecular complexity index is 642. The molecule has 0 atom stereocenters. The van der Waals surface area contributed by atoms with Gasteiger partial charge in [-0.15, -0.1) is 10.2 Å². The van der Waals surface area contributed by atoms with Crippen molar-refractivity contribution in [1.29, 1.82) is 0 Å². The molecule has 18 heavy (non-hydrogen) atoms. The summed E-state index contributed by atoms with van der Waals surface area (Å²) in [7, 11) is -3.63. The molecule has 4 N–H and O–H groups in total. The molecule has 8 nitrogen and oxygen atoms in total. The molecule has 2 aromatic rings. The van der Waals surface area contributed by atoms with Crippen LogP contribution in [-0.2, 0) is 16.6 Å². The number of sulfonamides is 1. The lowest BCUT2D eigenvalue weighted by atomic mass is 10.3. The number of hydrogen-bond donors (Lipinski definition) is 3. The lowest BCUT2D eigenvalue weighted by Crippen LogP contribution is -2.24. The molecule has 0 aliphatic heterocycles. The molecule has 0 aliphatic carbocycles. The van der Waals surface area contributed by atoms with Crippen LogP contribution in [0.4, 0.5) is 5.69 Å². The molecule has 0 saturated heterocycles. The Morgan fingerprint density at radius 3 is 2.83 bits per heavy atom. The van der Waals surface area contributed by atoms with Crippen LogP contribution in [0.1, 0.15) is 5.82 Å². The summed E-state index contributed by atoms with van der Waals surface area (Å²) in [5.74, 6) is 0.257. The molecule has 0 aliphatic rings. The summed E-state index contributed by atoms with van der Waals surface area (Å²) in [4.78, 5) is 0.104. The number of nitrogens with one attached hydrogen (secondary N) is 2. The summed E-state index contributed by atoms with van der Waals surface area (Å²) in [6.45, 7) is -0.0408. The molecule has 0 unspecified atom stereocenters. The van der Waals surface area contributed by atoms with Crippen LogP contribution in [0, 0.1) is 0 Å². The zero-order chi connectivity index (χ0) is 13.2. The van der Waals surface area contributed by atoms with E-state index in [2.05, 4.69) is 41.3 Å². The third-order valence-corrected chi connectivity index (χ3v) is 4.18. The van der Waals surface area contributed by atoms with Crippen molar-refractivity contribution in [2.45, 2.75) is 11.4 Å². The molecule has 10 heteroatoms. The molecule has 0 fully saturated rings. The van der Waals surface area contributed by atoms with Crippen LogP contribution < -0.4 is 10.5 Å². The average molecular weight is 333 g/mol. The number of rotatable bonds is 4. The molecule has 0 amide bonds. The van der Waals surface area contributed by atoms with Gasteiger partial charge in [0, 0.05) is 10.2 Å². The molecule has 1 aromatic heterocycles. The van der Waals surface area contributed by atoms with E-state index in [1.54, 1.807) is 0 Å². The second-order valence-corrected chi connectivity index (χ2v) is 5.96. The van der Waals surface area contributed by atoms with E-state index in [1.807, 2.05) is 0 Å². The van der Waals surface area contributed by atoms with E-state index in [-0.39, 0.29) is 17.3 Å². The fourth-order valence-corrected chi connectivity index (χ4v) is 2.71. The normalized spacial score (nSPS) is 11.6. The first-order valence-electron chi connectivity index (χ1n) is 4.76. The molecule has 2 rings (SSSR count). The van der Waals surface area contributed by atoms with E-state index in [1.165, 1.54) is 18.2 Å². The van der Waals surface area contributed by atoms with E-state index in [9.17, 15) is 8.42 Å². The third-order valence-electron chi connectivity index (χ3n) is 2.09. The van der Waals surface area contributed by atoms with Crippen LogP contribution in [0.15, 0.2) is 27.6 Å². The fourth-order valence-electron chi connectivity index (χ4n) is 1.18. The first kappa shape index (κ1) is 12.9. The summed E-state index contributed by atoms with van der Waals surface area (Å²) in [5.41, 5.74) is 6.05. The number of aromatic nitrogens is 4. The van der Waals surface area contributed by atoms with Gasteiger partial charge in [0.05, 0.1) is 11.4 Å². The van der Waals surface area contributed by atoms with Gasteiger partial charge >= 0.3 is 0 Å². The second-order valence-electron chi connectivity index (χ2n) is 3.34. The molecule has 0 spiro atoms. The highest BCUT2D eigenvalue weighted by Gasteiger charge is 2.15. The van der Waals surface area contributed by atoms with E-state index in [4.69, 9.17) is 5.73 Å². The number of nitrogens with two attached hydrogens (primary N) is 1. The average Bonchev–Trinajstić information content (AvgIpc) is 2.83. The van der Waals surface area contributed by atoms with Gasteiger partial charge in [0.25, 0.3) is 0 Å². The maximum absolute atomic E-state index is 11.9. The Morgan fingerprint density at radius 1 is 1.44 bits per heavy atom. The van der Waals surface area contributed by atoms with Crippen molar-refractivity contribution < 1.29 is 8.42 Å². The van der Waals surface area contributed by atoms with Gasteiger partial charge < -0.3 is 5.73 Å². The van der Waals surface area contributed by atoms with E-state index < -0.39 is 10.0 Å². The Balaban J connectivity index is 2.17. The van der Waals surface area contributed by atoms with Crippen molar-refractivity contribution in [1.82, 2.24) is 25.3 Å². The number of anilines is 1. The van der Waals surface area contributed by atoms with Gasteiger partial charge in [-0.25, -0.2) is 13.1 Å². The summed E-state index contributed by atoms with van der Waals surface area (Å²) >= 11 is 3.17. The molecule has 1 aromatic carbocycles. The molecule has 0 bridgehead atoms. The second kappa shape index (κ2) is 5.00. The van der Waals surface area contributed by atoms with Crippen molar-refractivity contribution in [3.63, 3.8) is 0 Å². The molecule has 1 heterocycles. The molecular formula is C8H9BrN6O2S. The van der Waals surface area contributed by atoms with Gasteiger partial charge in [0.2, 0.25) is 10.0 Å². The van der Waals surface area contributed by atoms with Gasteiger partial charge in [-0.05, 0) is 34.1 Å². The number of H-pyrrole nitrogens is 1. The van der Waals surface area contributed by atoms with Gasteiger partial charge in [-0.1, -0.05) is 5.21 Å². The Morgan fingerprint density at radius 2 is 2.22 bits per heavy atom. The highest BCUT2D eigenvalue weighted by atomic mass is 79.9. The van der Waals surface area contributed by atoms with Crippen LogP contribution in [0.2, 0.25) is 0 Å². The minimum Gasteiger partial charge on any atom is -0.398 e. The van der Waals surface area contributed by atoms with Crippen molar-refractivity contribution in [2.24, 2.45) is 0 Å². The fraction of sp³-hybridized carbons (Fsp3) is 0.125. The summed E-state index contributed by atoms with van der Waals surface area (Å²) in [6, 6.07) is 4.35. The van der Waals surface area contributed by atoms with Crippen LogP contribution in [0.25, 0.3) is 0 Å². The Hall–Kier alpha value is -1.52. The highest BCUT2D eigenvalue weighted by Crippen LogP contribution is 2.22. The summed E-state index contributed by atoms with van der Waals surface area (Å²) in [5, 5.41) is 12.8. The monoisotopic (exact) mass is 332 g/mol. The SMILES string of the molecule is Nc1ccc(S(=O)(=O)NCc2nn[nH]n2)cc1Br. The predicted octanol–water partition coefficient (Wildman–Crippen LogP) is 0.0229. The van der Waals surface area contributed by atoms with E-state index >= 15 is 0 Å². The van der Waals surface area contributed by atoms with Crippen molar-refractivity contribution in [3.05, 3.63) is 28.5 Å². The smallest absolute Gasteiger partial charge is 0.241 e. The molecule has 0 radical (unpaired) electrons. The number of benzene rings is 1. The topological polar surface area (TPSA) is 127 Å². The van der Waals surface area contributed by atoms with E-state index in [0.29, 0.717) is 10.2 Å². The summed E-state index contributed by atoms with van der Waals surface area (Å²) < 4.78 is 26.7. The predicted molar refractivity (Wildman–Crippen MR) is 66.8 cm³/mol. The molecule has 96 valence electrons. The number of tetrazole rings is 1. The zero-order valence-corrected chi connectivity index (χ0v) is 11.4. The van der Waals surface area contributed by atoms with Crippen LogP contribution in [0.5, 0.6) is 0 Å². The largest absolute Gasteiger partial charge is 0.398 e. The minimum atomic E-state index is -3.63.